The predicted molar refractivity (Wildman–Crippen MR) is 100.0 cm³/mol. The van der Waals surface area contributed by atoms with Gasteiger partial charge in [0.25, 0.3) is 0 Å². The van der Waals surface area contributed by atoms with Crippen LogP contribution in [-0.2, 0) is 9.59 Å². The largest absolute Gasteiger partial charge is 0.355 e. The topological polar surface area (TPSA) is 108 Å². The zero-order valence-corrected chi connectivity index (χ0v) is 16.6. The van der Waals surface area contributed by atoms with Gasteiger partial charge in [-0.1, -0.05) is 19.8 Å². The van der Waals surface area contributed by atoms with Gasteiger partial charge in [-0.25, -0.2) is 9.69 Å². The number of carbonyl (C=O) groups excluding carboxylic acids is 5. The van der Waals surface area contributed by atoms with Crippen LogP contribution in [0.15, 0.2) is 0 Å². The Labute approximate surface area is 163 Å². The maximum Gasteiger partial charge on any atom is 0.334 e. The lowest BCUT2D eigenvalue weighted by Gasteiger charge is -2.34. The van der Waals surface area contributed by atoms with Gasteiger partial charge in [0, 0.05) is 17.3 Å². The molecular formula is C20H25N3O5. The van der Waals surface area contributed by atoms with Crippen LogP contribution in [-0.4, -0.2) is 56.8 Å². The lowest BCUT2D eigenvalue weighted by molar-refractivity contribution is -0.144. The molecule has 0 radical (unpaired) electrons. The number of aromatic nitrogens is 1. The zero-order valence-electron chi connectivity index (χ0n) is 16.6. The van der Waals surface area contributed by atoms with Crippen LogP contribution in [0.25, 0.3) is 0 Å². The van der Waals surface area contributed by atoms with Crippen molar-refractivity contribution in [2.45, 2.75) is 59.4 Å². The van der Waals surface area contributed by atoms with E-state index in [0.717, 1.165) is 29.1 Å². The summed E-state index contributed by atoms with van der Waals surface area (Å²) in [5, 5.41) is 0. The number of aryl methyl sites for hydroxylation is 1. The second kappa shape index (κ2) is 7.33. The van der Waals surface area contributed by atoms with E-state index >= 15 is 0 Å². The third-order valence-electron chi connectivity index (χ3n) is 5.85. The van der Waals surface area contributed by atoms with E-state index in [9.17, 15) is 24.0 Å². The van der Waals surface area contributed by atoms with Gasteiger partial charge in [0.15, 0.2) is 11.6 Å². The molecule has 4 amide bonds. The summed E-state index contributed by atoms with van der Waals surface area (Å²) in [7, 11) is 0. The Morgan fingerprint density at radius 2 is 1.71 bits per heavy atom. The molecule has 2 aliphatic rings. The number of nitrogens with zero attached hydrogens (tertiary/aromatic N) is 2. The van der Waals surface area contributed by atoms with Gasteiger partial charge in [0.1, 0.15) is 0 Å². The Morgan fingerprint density at radius 3 is 2.29 bits per heavy atom. The summed E-state index contributed by atoms with van der Waals surface area (Å²) in [5.41, 5.74) is 1.65. The van der Waals surface area contributed by atoms with Gasteiger partial charge in [-0.15, -0.1) is 0 Å². The quantitative estimate of drug-likeness (QED) is 0.474. The maximum atomic E-state index is 12.8. The predicted octanol–water partition coefficient (Wildman–Crippen LogP) is 2.39. The van der Waals surface area contributed by atoms with Crippen molar-refractivity contribution in [3.05, 3.63) is 22.5 Å². The standard InChI is InChI=1S/C20H25N3O5/c1-10-7-5-6-8-14(10)23-19(27)18(26)22(20(23)28)9-15(25)17-11(2)16(13(4)24)12(3)21-17/h10,14,21H,5-9H2,1-4H3/t10-,14+/m0/s1. The number of nitrogens with one attached hydrogen (secondary N) is 1. The Balaban J connectivity index is 1.83. The lowest BCUT2D eigenvalue weighted by Crippen LogP contribution is -2.46. The second-order valence-electron chi connectivity index (χ2n) is 7.78. The highest BCUT2D eigenvalue weighted by atomic mass is 16.2. The Bertz CT molecular complexity index is 885. The molecule has 1 N–H and O–H groups in total. The average Bonchev–Trinajstić information content (AvgIpc) is 3.04. The third kappa shape index (κ3) is 3.16. The second-order valence-corrected chi connectivity index (χ2v) is 7.78. The van der Waals surface area contributed by atoms with Gasteiger partial charge in [0.2, 0.25) is 0 Å². The first-order chi connectivity index (χ1) is 13.1. The first-order valence-electron chi connectivity index (χ1n) is 9.57. The molecule has 8 heteroatoms. The number of Topliss-reactive ketones (excluding diaryl/α,β-unsaturated/α-hetero) is 2. The average molecular weight is 387 g/mol. The van der Waals surface area contributed by atoms with Gasteiger partial charge in [0.05, 0.1) is 12.2 Å². The van der Waals surface area contributed by atoms with Gasteiger partial charge in [-0.2, -0.15) is 0 Å². The fourth-order valence-electron chi connectivity index (χ4n) is 4.41. The number of carbonyl (C=O) groups is 5. The highest BCUT2D eigenvalue weighted by Gasteiger charge is 2.49. The van der Waals surface area contributed by atoms with E-state index in [-0.39, 0.29) is 23.4 Å². The minimum atomic E-state index is -0.969. The lowest BCUT2D eigenvalue weighted by atomic mass is 9.85. The van der Waals surface area contributed by atoms with Crippen molar-refractivity contribution in [1.82, 2.24) is 14.8 Å². The SMILES string of the molecule is CC(=O)c1c(C)[nH]c(C(=O)CN2C(=O)C(=O)N([C@@H]3CCCC[C@@H]3C)C2=O)c1C. The van der Waals surface area contributed by atoms with Crippen LogP contribution in [0.5, 0.6) is 0 Å². The van der Waals surface area contributed by atoms with Gasteiger partial charge in [-0.3, -0.25) is 24.1 Å². The molecule has 8 nitrogen and oxygen atoms in total. The van der Waals surface area contributed by atoms with Gasteiger partial charge in [-0.05, 0) is 45.1 Å². The van der Waals surface area contributed by atoms with E-state index in [1.54, 1.807) is 13.8 Å². The molecule has 150 valence electrons. The summed E-state index contributed by atoms with van der Waals surface area (Å²) < 4.78 is 0. The number of urea groups is 1. The normalized spacial score (nSPS) is 22.9. The molecule has 0 bridgehead atoms. The number of aromatic amines is 1. The fourth-order valence-corrected chi connectivity index (χ4v) is 4.41. The van der Waals surface area contributed by atoms with E-state index in [4.69, 9.17) is 0 Å². The zero-order chi connectivity index (χ0) is 20.7. The van der Waals surface area contributed by atoms with E-state index in [1.807, 2.05) is 6.92 Å². The number of H-pyrrole nitrogens is 1. The van der Waals surface area contributed by atoms with E-state index in [2.05, 4.69) is 4.98 Å². The van der Waals surface area contributed by atoms with Crippen molar-refractivity contribution >= 4 is 29.4 Å². The molecule has 1 aliphatic heterocycles. The molecule has 1 saturated heterocycles. The number of amides is 4. The minimum absolute atomic E-state index is 0.122. The van der Waals surface area contributed by atoms with E-state index < -0.39 is 30.2 Å². The van der Waals surface area contributed by atoms with Crippen molar-refractivity contribution in [3.8, 4) is 0 Å². The molecule has 2 fully saturated rings. The number of rotatable bonds is 5. The molecule has 28 heavy (non-hydrogen) atoms. The Kier molecular flexibility index (Phi) is 5.23. The third-order valence-corrected chi connectivity index (χ3v) is 5.85. The van der Waals surface area contributed by atoms with Crippen molar-refractivity contribution in [2.75, 3.05) is 6.54 Å². The molecule has 1 aromatic heterocycles. The molecule has 1 aromatic rings. The van der Waals surface area contributed by atoms with Crippen LogP contribution >= 0.6 is 0 Å². The van der Waals surface area contributed by atoms with Crippen LogP contribution in [0.4, 0.5) is 4.79 Å². The monoisotopic (exact) mass is 387 g/mol. The van der Waals surface area contributed by atoms with Gasteiger partial charge >= 0.3 is 17.8 Å². The molecule has 3 rings (SSSR count). The number of hydrogen-bond acceptors (Lipinski definition) is 5. The molecule has 0 spiro atoms. The molecule has 1 aliphatic carbocycles. The molecule has 1 saturated carbocycles. The molecule has 0 aromatic carbocycles. The summed E-state index contributed by atoms with van der Waals surface area (Å²) in [5.74, 6) is -2.40. The molecule has 2 atom stereocenters. The fraction of sp³-hybridized carbons (Fsp3) is 0.550. The maximum absolute atomic E-state index is 12.8. The first-order valence-corrected chi connectivity index (χ1v) is 9.57. The Morgan fingerprint density at radius 1 is 1.07 bits per heavy atom. The van der Waals surface area contributed by atoms with E-state index in [1.165, 1.54) is 6.92 Å². The number of ketones is 2. The van der Waals surface area contributed by atoms with Gasteiger partial charge < -0.3 is 4.98 Å². The van der Waals surface area contributed by atoms with Crippen molar-refractivity contribution in [3.63, 3.8) is 0 Å². The Hall–Kier alpha value is -2.77. The minimum Gasteiger partial charge on any atom is -0.355 e. The molecular weight excluding hydrogens is 362 g/mol. The molecule has 0 unspecified atom stereocenters. The highest BCUT2D eigenvalue weighted by Crippen LogP contribution is 2.31. The summed E-state index contributed by atoms with van der Waals surface area (Å²) in [6.45, 7) is 6.17. The van der Waals surface area contributed by atoms with Crippen LogP contribution < -0.4 is 0 Å². The summed E-state index contributed by atoms with van der Waals surface area (Å²) >= 11 is 0. The summed E-state index contributed by atoms with van der Waals surface area (Å²) in [4.78, 5) is 66.8. The van der Waals surface area contributed by atoms with Crippen LogP contribution in [0.3, 0.4) is 0 Å². The molecule has 2 heterocycles. The van der Waals surface area contributed by atoms with Crippen molar-refractivity contribution in [1.29, 1.82) is 0 Å². The summed E-state index contributed by atoms with van der Waals surface area (Å²) in [6, 6.07) is -1.04. The van der Waals surface area contributed by atoms with Crippen LogP contribution in [0.2, 0.25) is 0 Å². The van der Waals surface area contributed by atoms with Crippen molar-refractivity contribution in [2.24, 2.45) is 5.92 Å². The smallest absolute Gasteiger partial charge is 0.334 e. The number of imide groups is 2. The highest BCUT2D eigenvalue weighted by molar-refractivity contribution is 6.45. The van der Waals surface area contributed by atoms with E-state index in [0.29, 0.717) is 23.2 Å². The van der Waals surface area contributed by atoms with Crippen LogP contribution in [0.1, 0.15) is 71.6 Å². The van der Waals surface area contributed by atoms with Crippen LogP contribution in [0, 0.1) is 19.8 Å². The first kappa shape index (κ1) is 20.0. The summed E-state index contributed by atoms with van der Waals surface area (Å²) in [6.07, 6.45) is 3.50. The van der Waals surface area contributed by atoms with Crippen molar-refractivity contribution < 1.29 is 24.0 Å². The number of hydrogen-bond donors (Lipinski definition) is 1.